The molecule has 2 nitrogen and oxygen atoms in total. The monoisotopic (exact) mass is 236 g/mol. The van der Waals surface area contributed by atoms with Crippen molar-refractivity contribution in [2.45, 2.75) is 20.8 Å². The van der Waals surface area contributed by atoms with Gasteiger partial charge in [-0.1, -0.05) is 17.7 Å². The SMILES string of the molecule is Cc1ccc(Nc2ccc(C#N)c(C)c2)c(C)c1. The van der Waals surface area contributed by atoms with E-state index in [1.807, 2.05) is 25.1 Å². The summed E-state index contributed by atoms with van der Waals surface area (Å²) >= 11 is 0. The highest BCUT2D eigenvalue weighted by Crippen LogP contribution is 2.23. The van der Waals surface area contributed by atoms with E-state index in [4.69, 9.17) is 5.26 Å². The van der Waals surface area contributed by atoms with Gasteiger partial charge in [0, 0.05) is 11.4 Å². The van der Waals surface area contributed by atoms with Crippen LogP contribution in [0.2, 0.25) is 0 Å². The number of hydrogen-bond acceptors (Lipinski definition) is 2. The van der Waals surface area contributed by atoms with Crippen molar-refractivity contribution in [2.24, 2.45) is 0 Å². The summed E-state index contributed by atoms with van der Waals surface area (Å²) in [6, 6.07) is 14.3. The highest BCUT2D eigenvalue weighted by molar-refractivity contribution is 5.65. The van der Waals surface area contributed by atoms with Crippen LogP contribution < -0.4 is 5.32 Å². The van der Waals surface area contributed by atoms with E-state index in [2.05, 4.69) is 43.4 Å². The van der Waals surface area contributed by atoms with E-state index in [0.29, 0.717) is 0 Å². The maximum atomic E-state index is 8.90. The number of hydrogen-bond donors (Lipinski definition) is 1. The molecule has 0 aliphatic carbocycles. The fourth-order valence-corrected chi connectivity index (χ4v) is 1.98. The van der Waals surface area contributed by atoms with Crippen LogP contribution in [0.5, 0.6) is 0 Å². The first-order valence-electron chi connectivity index (χ1n) is 5.95. The molecule has 2 aromatic carbocycles. The molecule has 0 unspecified atom stereocenters. The Bertz CT molecular complexity index is 621. The maximum absolute atomic E-state index is 8.90. The van der Waals surface area contributed by atoms with Crippen LogP contribution in [-0.4, -0.2) is 0 Å². The van der Waals surface area contributed by atoms with Gasteiger partial charge in [-0.2, -0.15) is 5.26 Å². The summed E-state index contributed by atoms with van der Waals surface area (Å²) in [7, 11) is 0. The molecule has 0 atom stereocenters. The molecule has 1 N–H and O–H groups in total. The van der Waals surface area contributed by atoms with E-state index in [9.17, 15) is 0 Å². The molecule has 18 heavy (non-hydrogen) atoms. The quantitative estimate of drug-likeness (QED) is 0.847. The molecule has 0 radical (unpaired) electrons. The van der Waals surface area contributed by atoms with Gasteiger partial charge in [0.2, 0.25) is 0 Å². The van der Waals surface area contributed by atoms with E-state index < -0.39 is 0 Å². The summed E-state index contributed by atoms with van der Waals surface area (Å²) in [6.45, 7) is 6.13. The Hall–Kier alpha value is -2.27. The molecule has 90 valence electrons. The zero-order chi connectivity index (χ0) is 13.1. The molecule has 0 heterocycles. The number of nitriles is 1. The predicted octanol–water partition coefficient (Wildman–Crippen LogP) is 4.23. The number of benzene rings is 2. The third-order valence-electron chi connectivity index (χ3n) is 3.01. The number of aryl methyl sites for hydroxylation is 3. The van der Waals surface area contributed by atoms with E-state index in [-0.39, 0.29) is 0 Å². The summed E-state index contributed by atoms with van der Waals surface area (Å²) in [5, 5.41) is 12.3. The Morgan fingerprint density at radius 3 is 2.33 bits per heavy atom. The first kappa shape index (κ1) is 12.2. The minimum Gasteiger partial charge on any atom is -0.355 e. The van der Waals surface area contributed by atoms with Crippen molar-refractivity contribution in [3.05, 3.63) is 58.7 Å². The van der Waals surface area contributed by atoms with Crippen molar-refractivity contribution in [1.29, 1.82) is 5.26 Å². The smallest absolute Gasteiger partial charge is 0.0994 e. The minimum absolute atomic E-state index is 0.723. The summed E-state index contributed by atoms with van der Waals surface area (Å²) in [5.74, 6) is 0. The summed E-state index contributed by atoms with van der Waals surface area (Å²) in [4.78, 5) is 0. The maximum Gasteiger partial charge on any atom is 0.0994 e. The van der Waals surface area contributed by atoms with Crippen molar-refractivity contribution < 1.29 is 0 Å². The van der Waals surface area contributed by atoms with Gasteiger partial charge in [-0.05, 0) is 56.2 Å². The van der Waals surface area contributed by atoms with Gasteiger partial charge in [-0.25, -0.2) is 0 Å². The normalized spacial score (nSPS) is 9.89. The van der Waals surface area contributed by atoms with Crippen LogP contribution in [0, 0.1) is 32.1 Å². The Balaban J connectivity index is 2.29. The molecule has 0 saturated carbocycles. The predicted molar refractivity (Wildman–Crippen MR) is 75.1 cm³/mol. The van der Waals surface area contributed by atoms with Crippen LogP contribution in [0.1, 0.15) is 22.3 Å². The van der Waals surface area contributed by atoms with E-state index in [1.54, 1.807) is 0 Å². The van der Waals surface area contributed by atoms with Crippen molar-refractivity contribution in [2.75, 3.05) is 5.32 Å². The fourth-order valence-electron chi connectivity index (χ4n) is 1.98. The largest absolute Gasteiger partial charge is 0.355 e. The van der Waals surface area contributed by atoms with Crippen molar-refractivity contribution in [3.8, 4) is 6.07 Å². The van der Waals surface area contributed by atoms with E-state index in [1.165, 1.54) is 11.1 Å². The third-order valence-corrected chi connectivity index (χ3v) is 3.01. The summed E-state index contributed by atoms with van der Waals surface area (Å²) < 4.78 is 0. The van der Waals surface area contributed by atoms with Crippen LogP contribution in [0.4, 0.5) is 11.4 Å². The lowest BCUT2D eigenvalue weighted by atomic mass is 10.1. The number of anilines is 2. The molecule has 0 amide bonds. The van der Waals surface area contributed by atoms with Crippen molar-refractivity contribution in [1.82, 2.24) is 0 Å². The molecule has 0 bridgehead atoms. The minimum atomic E-state index is 0.723. The second kappa shape index (κ2) is 4.93. The average molecular weight is 236 g/mol. The van der Waals surface area contributed by atoms with Gasteiger partial charge in [0.15, 0.2) is 0 Å². The number of nitrogens with one attached hydrogen (secondary N) is 1. The lowest BCUT2D eigenvalue weighted by molar-refractivity contribution is 1.35. The van der Waals surface area contributed by atoms with Gasteiger partial charge < -0.3 is 5.32 Å². The number of rotatable bonds is 2. The molecule has 0 fully saturated rings. The molecule has 2 aromatic rings. The lowest BCUT2D eigenvalue weighted by Crippen LogP contribution is -1.94. The first-order valence-corrected chi connectivity index (χ1v) is 5.95. The van der Waals surface area contributed by atoms with Crippen LogP contribution in [0.3, 0.4) is 0 Å². The zero-order valence-corrected chi connectivity index (χ0v) is 10.9. The average Bonchev–Trinajstić information content (AvgIpc) is 2.33. The molecule has 0 spiro atoms. The summed E-state index contributed by atoms with van der Waals surface area (Å²) in [6.07, 6.45) is 0. The Morgan fingerprint density at radius 1 is 0.944 bits per heavy atom. The topological polar surface area (TPSA) is 35.8 Å². The van der Waals surface area contributed by atoms with E-state index in [0.717, 1.165) is 22.5 Å². The Kier molecular flexibility index (Phi) is 3.34. The molecular formula is C16H16N2. The highest BCUT2D eigenvalue weighted by atomic mass is 14.9. The fraction of sp³-hybridized carbons (Fsp3) is 0.188. The first-order chi connectivity index (χ1) is 8.60. The molecule has 2 rings (SSSR count). The van der Waals surface area contributed by atoms with Crippen LogP contribution in [0.25, 0.3) is 0 Å². The zero-order valence-electron chi connectivity index (χ0n) is 10.9. The lowest BCUT2D eigenvalue weighted by Gasteiger charge is -2.11. The number of nitrogens with zero attached hydrogens (tertiary/aromatic N) is 1. The van der Waals surface area contributed by atoms with Gasteiger partial charge in [0.1, 0.15) is 0 Å². The van der Waals surface area contributed by atoms with Gasteiger partial charge >= 0.3 is 0 Å². The van der Waals surface area contributed by atoms with Crippen molar-refractivity contribution in [3.63, 3.8) is 0 Å². The molecule has 2 heteroatoms. The second-order valence-corrected chi connectivity index (χ2v) is 4.58. The molecule has 0 aliphatic heterocycles. The standard InChI is InChI=1S/C16H16N2/c1-11-4-7-16(13(3)8-11)18-15-6-5-14(10-17)12(2)9-15/h4-9,18H,1-3H3. The van der Waals surface area contributed by atoms with Gasteiger partial charge in [-0.15, -0.1) is 0 Å². The van der Waals surface area contributed by atoms with Crippen LogP contribution in [0.15, 0.2) is 36.4 Å². The van der Waals surface area contributed by atoms with Gasteiger partial charge in [0.25, 0.3) is 0 Å². The molecule has 0 aromatic heterocycles. The summed E-state index contributed by atoms with van der Waals surface area (Å²) in [5.41, 5.74) is 6.31. The molecule has 0 saturated heterocycles. The van der Waals surface area contributed by atoms with Gasteiger partial charge in [-0.3, -0.25) is 0 Å². The van der Waals surface area contributed by atoms with E-state index >= 15 is 0 Å². The van der Waals surface area contributed by atoms with Crippen LogP contribution in [-0.2, 0) is 0 Å². The molecular weight excluding hydrogens is 220 g/mol. The third kappa shape index (κ3) is 2.52. The van der Waals surface area contributed by atoms with Crippen LogP contribution >= 0.6 is 0 Å². The molecule has 0 aliphatic rings. The second-order valence-electron chi connectivity index (χ2n) is 4.58. The van der Waals surface area contributed by atoms with Gasteiger partial charge in [0.05, 0.1) is 11.6 Å². The Morgan fingerprint density at radius 2 is 1.72 bits per heavy atom. The highest BCUT2D eigenvalue weighted by Gasteiger charge is 2.02. The Labute approximate surface area is 108 Å². The van der Waals surface area contributed by atoms with Crippen molar-refractivity contribution >= 4 is 11.4 Å².